The first-order valence-electron chi connectivity index (χ1n) is 17.8. The number of hydrogen-bond donors (Lipinski definition) is 0. The molecule has 0 amide bonds. The summed E-state index contributed by atoms with van der Waals surface area (Å²) in [6.07, 6.45) is 0. The molecule has 0 spiro atoms. The Morgan fingerprint density at radius 3 is 1.81 bits per heavy atom. The van der Waals surface area contributed by atoms with E-state index in [1.165, 1.54) is 38.1 Å². The van der Waals surface area contributed by atoms with Gasteiger partial charge < -0.3 is 4.42 Å². The van der Waals surface area contributed by atoms with Crippen molar-refractivity contribution in [3.63, 3.8) is 0 Å². The van der Waals surface area contributed by atoms with Gasteiger partial charge in [0.2, 0.25) is 0 Å². The monoisotopic (exact) mass is 675 g/mol. The third-order valence-corrected chi connectivity index (χ3v) is 10.5. The highest BCUT2D eigenvalue weighted by atomic mass is 16.3. The van der Waals surface area contributed by atoms with Crippen LogP contribution < -0.4 is 0 Å². The van der Waals surface area contributed by atoms with Crippen LogP contribution in [-0.2, 0) is 0 Å². The first-order chi connectivity index (χ1) is 26.2. The standard InChI is InChI=1S/C49H29N3O/c1-2-12-31(13-3-1)47-50-48(52-49(51-47)42-20-10-15-30-11-4-6-16-37(30)42)35-23-24-41-44-27-36-25-34(22-21-32(36)28-46(44)53-45(41)29-35)43-26-33-14-5-7-17-38(33)39-18-8-9-19-40(39)43/h1-29H. The van der Waals surface area contributed by atoms with Gasteiger partial charge in [0, 0.05) is 27.5 Å². The summed E-state index contributed by atoms with van der Waals surface area (Å²) in [6, 6.07) is 61.8. The molecule has 0 radical (unpaired) electrons. The lowest BCUT2D eigenvalue weighted by molar-refractivity contribution is 0.669. The fourth-order valence-electron chi connectivity index (χ4n) is 7.88. The van der Waals surface area contributed by atoms with E-state index in [0.717, 1.165) is 54.8 Å². The average molecular weight is 676 g/mol. The fraction of sp³-hybridized carbons (Fsp3) is 0. The third kappa shape index (κ3) is 4.88. The van der Waals surface area contributed by atoms with E-state index in [4.69, 9.17) is 19.4 Å². The van der Waals surface area contributed by atoms with Crippen LogP contribution in [0.1, 0.15) is 0 Å². The molecule has 0 atom stereocenters. The van der Waals surface area contributed by atoms with Gasteiger partial charge >= 0.3 is 0 Å². The Kier molecular flexibility index (Phi) is 6.52. The van der Waals surface area contributed by atoms with Crippen molar-refractivity contribution in [1.82, 2.24) is 15.0 Å². The quantitative estimate of drug-likeness (QED) is 0.174. The summed E-state index contributed by atoms with van der Waals surface area (Å²) >= 11 is 0. The fourth-order valence-corrected chi connectivity index (χ4v) is 7.88. The van der Waals surface area contributed by atoms with Crippen molar-refractivity contribution in [2.75, 3.05) is 0 Å². The molecule has 11 aromatic rings. The van der Waals surface area contributed by atoms with E-state index in [9.17, 15) is 0 Å². The van der Waals surface area contributed by atoms with E-state index in [1.807, 2.05) is 30.3 Å². The van der Waals surface area contributed by atoms with Gasteiger partial charge in [-0.3, -0.25) is 0 Å². The first kappa shape index (κ1) is 29.5. The Labute approximate surface area is 304 Å². The van der Waals surface area contributed by atoms with Gasteiger partial charge in [-0.05, 0) is 90.6 Å². The number of rotatable bonds is 4. The maximum Gasteiger partial charge on any atom is 0.164 e. The number of nitrogens with zero attached hydrogens (tertiary/aromatic N) is 3. The lowest BCUT2D eigenvalue weighted by Crippen LogP contribution is -2.00. The highest BCUT2D eigenvalue weighted by Gasteiger charge is 2.17. The van der Waals surface area contributed by atoms with E-state index in [0.29, 0.717) is 17.5 Å². The number of hydrogen-bond acceptors (Lipinski definition) is 4. The van der Waals surface area contributed by atoms with Crippen molar-refractivity contribution in [2.45, 2.75) is 0 Å². The minimum atomic E-state index is 0.599. The molecule has 0 saturated carbocycles. The van der Waals surface area contributed by atoms with Crippen LogP contribution >= 0.6 is 0 Å². The van der Waals surface area contributed by atoms with Gasteiger partial charge in [-0.25, -0.2) is 15.0 Å². The van der Waals surface area contributed by atoms with Crippen LogP contribution in [0.15, 0.2) is 180 Å². The molecule has 9 aromatic carbocycles. The van der Waals surface area contributed by atoms with Crippen molar-refractivity contribution in [3.8, 4) is 45.3 Å². The molecule has 0 unspecified atom stereocenters. The van der Waals surface area contributed by atoms with E-state index in [1.54, 1.807) is 0 Å². The second-order valence-corrected chi connectivity index (χ2v) is 13.6. The van der Waals surface area contributed by atoms with Crippen LogP contribution in [0.3, 0.4) is 0 Å². The summed E-state index contributed by atoms with van der Waals surface area (Å²) in [4.78, 5) is 15.1. The Morgan fingerprint density at radius 1 is 0.283 bits per heavy atom. The van der Waals surface area contributed by atoms with Gasteiger partial charge in [0.1, 0.15) is 11.2 Å². The summed E-state index contributed by atoms with van der Waals surface area (Å²) in [6.45, 7) is 0. The molecule has 0 saturated heterocycles. The van der Waals surface area contributed by atoms with Gasteiger partial charge in [0.05, 0.1) is 0 Å². The van der Waals surface area contributed by atoms with Gasteiger partial charge in [0.25, 0.3) is 0 Å². The maximum atomic E-state index is 6.56. The zero-order chi connectivity index (χ0) is 34.9. The predicted octanol–water partition coefficient (Wildman–Crippen LogP) is 13.1. The first-order valence-corrected chi connectivity index (χ1v) is 17.8. The van der Waals surface area contributed by atoms with Gasteiger partial charge in [0.15, 0.2) is 17.5 Å². The molecule has 246 valence electrons. The number of fused-ring (bicyclic) bond motifs is 8. The van der Waals surface area contributed by atoms with Crippen molar-refractivity contribution in [2.24, 2.45) is 0 Å². The van der Waals surface area contributed by atoms with E-state index in [-0.39, 0.29) is 0 Å². The molecular formula is C49H29N3O. The molecule has 0 aliphatic heterocycles. The highest BCUT2D eigenvalue weighted by Crippen LogP contribution is 2.39. The summed E-state index contributed by atoms with van der Waals surface area (Å²) < 4.78 is 6.56. The smallest absolute Gasteiger partial charge is 0.164 e. The molecule has 53 heavy (non-hydrogen) atoms. The van der Waals surface area contributed by atoms with Crippen molar-refractivity contribution >= 4 is 65.0 Å². The van der Waals surface area contributed by atoms with Crippen LogP contribution in [0.2, 0.25) is 0 Å². The summed E-state index contributed by atoms with van der Waals surface area (Å²) in [7, 11) is 0. The lowest BCUT2D eigenvalue weighted by atomic mass is 9.92. The Morgan fingerprint density at radius 2 is 0.943 bits per heavy atom. The number of aromatic nitrogens is 3. The van der Waals surface area contributed by atoms with Crippen LogP contribution in [0.5, 0.6) is 0 Å². The SMILES string of the molecule is c1ccc(-c2nc(-c3ccc4c(c3)oc3cc5ccc(-c6cc7ccccc7c7ccccc67)cc5cc34)nc(-c3cccc4ccccc34)n2)cc1. The van der Waals surface area contributed by atoms with Gasteiger partial charge in [-0.2, -0.15) is 0 Å². The second kappa shape index (κ2) is 11.7. The Bertz CT molecular complexity index is 3230. The molecule has 0 aliphatic rings. The number of benzene rings is 9. The normalized spacial score (nSPS) is 11.8. The molecule has 11 rings (SSSR count). The predicted molar refractivity (Wildman–Crippen MR) is 219 cm³/mol. The van der Waals surface area contributed by atoms with Crippen molar-refractivity contribution < 1.29 is 4.42 Å². The minimum absolute atomic E-state index is 0.599. The molecule has 4 heteroatoms. The van der Waals surface area contributed by atoms with Crippen LogP contribution in [-0.4, -0.2) is 15.0 Å². The van der Waals surface area contributed by atoms with Crippen LogP contribution in [0, 0.1) is 0 Å². The van der Waals surface area contributed by atoms with Gasteiger partial charge in [-0.1, -0.05) is 140 Å². The highest BCUT2D eigenvalue weighted by molar-refractivity contribution is 6.15. The third-order valence-electron chi connectivity index (χ3n) is 10.5. The summed E-state index contributed by atoms with van der Waals surface area (Å²) in [5.74, 6) is 1.86. The molecule has 0 fully saturated rings. The van der Waals surface area contributed by atoms with E-state index >= 15 is 0 Å². The van der Waals surface area contributed by atoms with Crippen molar-refractivity contribution in [1.29, 1.82) is 0 Å². The van der Waals surface area contributed by atoms with Crippen LogP contribution in [0.25, 0.3) is 110 Å². The second-order valence-electron chi connectivity index (χ2n) is 13.6. The van der Waals surface area contributed by atoms with E-state index < -0.39 is 0 Å². The Balaban J connectivity index is 1.05. The molecule has 0 bridgehead atoms. The minimum Gasteiger partial charge on any atom is -0.456 e. The van der Waals surface area contributed by atoms with Crippen LogP contribution in [0.4, 0.5) is 0 Å². The number of furan rings is 1. The Hall–Kier alpha value is -7.17. The van der Waals surface area contributed by atoms with E-state index in [2.05, 4.69) is 146 Å². The topological polar surface area (TPSA) is 51.8 Å². The molecular weight excluding hydrogens is 647 g/mol. The molecule has 4 nitrogen and oxygen atoms in total. The van der Waals surface area contributed by atoms with Crippen molar-refractivity contribution in [3.05, 3.63) is 176 Å². The van der Waals surface area contributed by atoms with Gasteiger partial charge in [-0.15, -0.1) is 0 Å². The molecule has 0 N–H and O–H groups in total. The molecule has 2 heterocycles. The molecule has 0 aliphatic carbocycles. The summed E-state index contributed by atoms with van der Waals surface area (Å²) in [5.41, 5.74) is 6.85. The summed E-state index contributed by atoms with van der Waals surface area (Å²) in [5, 5.41) is 11.7. The maximum absolute atomic E-state index is 6.56. The molecule has 2 aromatic heterocycles. The largest absolute Gasteiger partial charge is 0.456 e. The zero-order valence-corrected chi connectivity index (χ0v) is 28.5. The lowest BCUT2D eigenvalue weighted by Gasteiger charge is -2.12. The average Bonchev–Trinajstić information content (AvgIpc) is 3.58. The zero-order valence-electron chi connectivity index (χ0n) is 28.5.